The summed E-state index contributed by atoms with van der Waals surface area (Å²) in [7, 11) is 0. The van der Waals surface area contributed by atoms with Gasteiger partial charge in [-0.1, -0.05) is 17.7 Å². The Bertz CT molecular complexity index is 700. The van der Waals surface area contributed by atoms with E-state index in [-0.39, 0.29) is 5.91 Å². The maximum atomic E-state index is 12.9. The van der Waals surface area contributed by atoms with Gasteiger partial charge in [0.25, 0.3) is 5.91 Å². The number of aryl methyl sites for hydroxylation is 2. The predicted octanol–water partition coefficient (Wildman–Crippen LogP) is 3.63. The minimum Gasteiger partial charge on any atom is -0.493 e. The van der Waals surface area contributed by atoms with Gasteiger partial charge in [0.1, 0.15) is 5.75 Å². The van der Waals surface area contributed by atoms with E-state index in [0.717, 1.165) is 48.4 Å². The van der Waals surface area contributed by atoms with Gasteiger partial charge in [-0.25, -0.2) is 0 Å². The van der Waals surface area contributed by atoms with Gasteiger partial charge < -0.3 is 9.64 Å². The lowest BCUT2D eigenvalue weighted by Gasteiger charge is -2.33. The number of aromatic nitrogens is 1. The van der Waals surface area contributed by atoms with E-state index in [1.54, 1.807) is 12.4 Å². The lowest BCUT2D eigenvalue weighted by Crippen LogP contribution is -2.41. The van der Waals surface area contributed by atoms with E-state index in [1.165, 1.54) is 0 Å². The van der Waals surface area contributed by atoms with Crippen LogP contribution < -0.4 is 4.74 Å². The van der Waals surface area contributed by atoms with Crippen molar-refractivity contribution in [3.8, 4) is 5.75 Å². The third-order valence-electron chi connectivity index (χ3n) is 4.57. The summed E-state index contributed by atoms with van der Waals surface area (Å²) >= 11 is 0. The van der Waals surface area contributed by atoms with Gasteiger partial charge in [0.05, 0.1) is 6.61 Å². The van der Waals surface area contributed by atoms with Crippen molar-refractivity contribution in [3.05, 3.63) is 59.4 Å². The standard InChI is InChI=1S/C20H24N2O2/c1-15-5-6-16(2)19(12-15)20(23)22-11-3-4-17(13-22)14-24-18-7-9-21-10-8-18/h5-10,12,17H,3-4,11,13-14H2,1-2H3. The van der Waals surface area contributed by atoms with Crippen molar-refractivity contribution in [1.29, 1.82) is 0 Å². The summed E-state index contributed by atoms with van der Waals surface area (Å²) in [5.74, 6) is 1.36. The molecule has 2 aromatic rings. The third kappa shape index (κ3) is 3.94. The SMILES string of the molecule is Cc1ccc(C)c(C(=O)N2CCCC(COc3ccncc3)C2)c1. The number of rotatable bonds is 4. The zero-order chi connectivity index (χ0) is 16.9. The monoisotopic (exact) mass is 324 g/mol. The highest BCUT2D eigenvalue weighted by Crippen LogP contribution is 2.21. The van der Waals surface area contributed by atoms with E-state index in [1.807, 2.05) is 49.1 Å². The minimum atomic E-state index is 0.143. The molecule has 1 aliphatic heterocycles. The van der Waals surface area contributed by atoms with Crippen molar-refractivity contribution in [3.63, 3.8) is 0 Å². The largest absolute Gasteiger partial charge is 0.493 e. The Kier molecular flexibility index (Phi) is 5.14. The van der Waals surface area contributed by atoms with Crippen LogP contribution in [0.5, 0.6) is 5.75 Å². The van der Waals surface area contributed by atoms with Crippen LogP contribution in [0.1, 0.15) is 34.3 Å². The zero-order valence-corrected chi connectivity index (χ0v) is 14.4. The van der Waals surface area contributed by atoms with Crippen LogP contribution in [0.3, 0.4) is 0 Å². The Hall–Kier alpha value is -2.36. The second-order valence-electron chi connectivity index (χ2n) is 6.57. The Labute approximate surface area is 143 Å². The molecule has 1 aliphatic rings. The highest BCUT2D eigenvalue weighted by molar-refractivity contribution is 5.95. The molecule has 0 aliphatic carbocycles. The number of pyridine rings is 1. The summed E-state index contributed by atoms with van der Waals surface area (Å²) < 4.78 is 5.84. The molecule has 1 aromatic carbocycles. The molecule has 4 heteroatoms. The number of nitrogens with zero attached hydrogens (tertiary/aromatic N) is 2. The van der Waals surface area contributed by atoms with E-state index in [9.17, 15) is 4.79 Å². The zero-order valence-electron chi connectivity index (χ0n) is 14.4. The number of carbonyl (C=O) groups excluding carboxylic acids is 1. The van der Waals surface area contributed by atoms with Crippen LogP contribution in [0.2, 0.25) is 0 Å². The molecule has 1 atom stereocenters. The molecule has 1 unspecified atom stereocenters. The van der Waals surface area contributed by atoms with Gasteiger partial charge in [0, 0.05) is 37.0 Å². The predicted molar refractivity (Wildman–Crippen MR) is 94.3 cm³/mol. The van der Waals surface area contributed by atoms with Gasteiger partial charge in [-0.3, -0.25) is 9.78 Å². The molecule has 0 saturated carbocycles. The maximum absolute atomic E-state index is 12.9. The van der Waals surface area contributed by atoms with Crippen molar-refractivity contribution >= 4 is 5.91 Å². The molecular weight excluding hydrogens is 300 g/mol. The van der Waals surface area contributed by atoms with Crippen LogP contribution in [0, 0.1) is 19.8 Å². The van der Waals surface area contributed by atoms with Crippen molar-refractivity contribution < 1.29 is 9.53 Å². The topological polar surface area (TPSA) is 42.4 Å². The smallest absolute Gasteiger partial charge is 0.254 e. The molecule has 1 amide bonds. The summed E-state index contributed by atoms with van der Waals surface area (Å²) in [4.78, 5) is 18.8. The third-order valence-corrected chi connectivity index (χ3v) is 4.57. The molecule has 24 heavy (non-hydrogen) atoms. The second kappa shape index (κ2) is 7.47. The summed E-state index contributed by atoms with van der Waals surface area (Å²) in [6.07, 6.45) is 5.59. The second-order valence-corrected chi connectivity index (χ2v) is 6.57. The van der Waals surface area contributed by atoms with Crippen LogP contribution in [0.15, 0.2) is 42.7 Å². The molecule has 126 valence electrons. The first-order chi connectivity index (χ1) is 11.6. The Balaban J connectivity index is 1.62. The molecule has 3 rings (SSSR count). The summed E-state index contributed by atoms with van der Waals surface area (Å²) in [6, 6.07) is 9.79. The van der Waals surface area contributed by atoms with Gasteiger partial charge in [-0.15, -0.1) is 0 Å². The molecule has 2 heterocycles. The van der Waals surface area contributed by atoms with Gasteiger partial charge >= 0.3 is 0 Å². The van der Waals surface area contributed by atoms with E-state index in [2.05, 4.69) is 4.98 Å². The summed E-state index contributed by atoms with van der Waals surface area (Å²) in [5.41, 5.74) is 2.99. The fourth-order valence-corrected chi connectivity index (χ4v) is 3.17. The molecular formula is C20H24N2O2. The average Bonchev–Trinajstić information content (AvgIpc) is 2.62. The normalized spacial score (nSPS) is 17.6. The van der Waals surface area contributed by atoms with Gasteiger partial charge in [0.15, 0.2) is 0 Å². The van der Waals surface area contributed by atoms with E-state index < -0.39 is 0 Å². The number of hydrogen-bond acceptors (Lipinski definition) is 3. The number of hydrogen-bond donors (Lipinski definition) is 0. The van der Waals surface area contributed by atoms with Gasteiger partial charge in [0.2, 0.25) is 0 Å². The van der Waals surface area contributed by atoms with Crippen molar-refractivity contribution in [1.82, 2.24) is 9.88 Å². The number of amides is 1. The van der Waals surface area contributed by atoms with E-state index >= 15 is 0 Å². The molecule has 1 fully saturated rings. The Morgan fingerprint density at radius 3 is 2.83 bits per heavy atom. The highest BCUT2D eigenvalue weighted by Gasteiger charge is 2.25. The fraction of sp³-hybridized carbons (Fsp3) is 0.400. The fourth-order valence-electron chi connectivity index (χ4n) is 3.17. The van der Waals surface area contributed by atoms with Crippen LogP contribution in [-0.2, 0) is 0 Å². The lowest BCUT2D eigenvalue weighted by atomic mass is 9.97. The number of carbonyl (C=O) groups is 1. The molecule has 0 N–H and O–H groups in total. The van der Waals surface area contributed by atoms with Gasteiger partial charge in [-0.05, 0) is 50.5 Å². The number of ether oxygens (including phenoxy) is 1. The molecule has 1 aromatic heterocycles. The molecule has 0 radical (unpaired) electrons. The first-order valence-electron chi connectivity index (χ1n) is 8.53. The van der Waals surface area contributed by atoms with Crippen LogP contribution in [0.25, 0.3) is 0 Å². The molecule has 0 spiro atoms. The lowest BCUT2D eigenvalue weighted by molar-refractivity contribution is 0.0632. The Morgan fingerprint density at radius 2 is 2.04 bits per heavy atom. The van der Waals surface area contributed by atoms with Crippen molar-refractivity contribution in [2.75, 3.05) is 19.7 Å². The van der Waals surface area contributed by atoms with Crippen molar-refractivity contribution in [2.24, 2.45) is 5.92 Å². The maximum Gasteiger partial charge on any atom is 0.254 e. The Morgan fingerprint density at radius 1 is 1.25 bits per heavy atom. The molecule has 4 nitrogen and oxygen atoms in total. The number of likely N-dealkylation sites (tertiary alicyclic amines) is 1. The first kappa shape index (κ1) is 16.5. The first-order valence-corrected chi connectivity index (χ1v) is 8.53. The van der Waals surface area contributed by atoms with Crippen LogP contribution in [0.4, 0.5) is 0 Å². The quantitative estimate of drug-likeness (QED) is 0.862. The average molecular weight is 324 g/mol. The van der Waals surface area contributed by atoms with Crippen LogP contribution in [-0.4, -0.2) is 35.5 Å². The minimum absolute atomic E-state index is 0.143. The molecule has 0 bridgehead atoms. The van der Waals surface area contributed by atoms with E-state index in [0.29, 0.717) is 12.5 Å². The van der Waals surface area contributed by atoms with E-state index in [4.69, 9.17) is 4.74 Å². The highest BCUT2D eigenvalue weighted by atomic mass is 16.5. The van der Waals surface area contributed by atoms with Crippen LogP contribution >= 0.6 is 0 Å². The number of benzene rings is 1. The summed E-state index contributed by atoms with van der Waals surface area (Å²) in [5, 5.41) is 0. The number of piperidine rings is 1. The molecule has 1 saturated heterocycles. The summed E-state index contributed by atoms with van der Waals surface area (Å²) in [6.45, 7) is 6.26. The van der Waals surface area contributed by atoms with Crippen molar-refractivity contribution in [2.45, 2.75) is 26.7 Å². The van der Waals surface area contributed by atoms with Gasteiger partial charge in [-0.2, -0.15) is 0 Å².